The second-order valence-electron chi connectivity index (χ2n) is 3.95. The summed E-state index contributed by atoms with van der Waals surface area (Å²) in [4.78, 5) is 11.8. The standard InChI is InChI=1S/C9H17N3O3S/c1-16(15)6-5-11-8(13)9(3-2-4-9)7(10)12-14/h14H,2-6H2,1H3,(H2,10,12)(H,11,13). The van der Waals surface area contributed by atoms with Crippen molar-refractivity contribution >= 4 is 22.5 Å². The molecule has 16 heavy (non-hydrogen) atoms. The molecule has 1 atom stereocenters. The van der Waals surface area contributed by atoms with Crippen LogP contribution in [0, 0.1) is 5.41 Å². The lowest BCUT2D eigenvalue weighted by Gasteiger charge is -2.38. The Hall–Kier alpha value is -1.11. The van der Waals surface area contributed by atoms with Crippen molar-refractivity contribution in [2.75, 3.05) is 18.6 Å². The van der Waals surface area contributed by atoms with Crippen molar-refractivity contribution in [2.45, 2.75) is 19.3 Å². The van der Waals surface area contributed by atoms with Crippen LogP contribution in [0.3, 0.4) is 0 Å². The summed E-state index contributed by atoms with van der Waals surface area (Å²) in [5, 5.41) is 14.2. The minimum atomic E-state index is -0.931. The summed E-state index contributed by atoms with van der Waals surface area (Å²) in [6.07, 6.45) is 3.67. The zero-order chi connectivity index (χ0) is 12.2. The Morgan fingerprint density at radius 2 is 2.25 bits per heavy atom. The van der Waals surface area contributed by atoms with Crippen LogP contribution in [0.25, 0.3) is 0 Å². The highest BCUT2D eigenvalue weighted by atomic mass is 32.2. The third kappa shape index (κ3) is 2.52. The number of carbonyl (C=O) groups excluding carboxylic acids is 1. The fourth-order valence-corrected chi connectivity index (χ4v) is 2.09. The molecule has 0 aliphatic heterocycles. The lowest BCUT2D eigenvalue weighted by atomic mass is 9.67. The summed E-state index contributed by atoms with van der Waals surface area (Å²) in [6, 6.07) is 0. The average molecular weight is 247 g/mol. The molecule has 1 aliphatic carbocycles. The average Bonchev–Trinajstić information content (AvgIpc) is 2.15. The molecule has 0 spiro atoms. The quantitative estimate of drug-likeness (QED) is 0.261. The van der Waals surface area contributed by atoms with E-state index in [-0.39, 0.29) is 11.7 Å². The van der Waals surface area contributed by atoms with Gasteiger partial charge in [0.25, 0.3) is 0 Å². The predicted octanol–water partition coefficient (Wildman–Crippen LogP) is -0.602. The molecule has 0 radical (unpaired) electrons. The molecule has 0 aromatic heterocycles. The van der Waals surface area contributed by atoms with E-state index in [1.165, 1.54) is 0 Å². The number of nitrogens with one attached hydrogen (secondary N) is 1. The van der Waals surface area contributed by atoms with Gasteiger partial charge in [0.05, 0.1) is 0 Å². The number of hydrogen-bond acceptors (Lipinski definition) is 4. The van der Waals surface area contributed by atoms with Gasteiger partial charge in [-0.25, -0.2) is 0 Å². The van der Waals surface area contributed by atoms with Crippen LogP contribution in [0.2, 0.25) is 0 Å². The van der Waals surface area contributed by atoms with Gasteiger partial charge in [0.1, 0.15) is 5.41 Å². The summed E-state index contributed by atoms with van der Waals surface area (Å²) < 4.78 is 10.8. The molecular weight excluding hydrogens is 230 g/mol. The van der Waals surface area contributed by atoms with Gasteiger partial charge in [-0.05, 0) is 12.8 Å². The van der Waals surface area contributed by atoms with E-state index in [1.807, 2.05) is 0 Å². The first kappa shape index (κ1) is 13.0. The van der Waals surface area contributed by atoms with Gasteiger partial charge in [-0.1, -0.05) is 11.6 Å². The summed E-state index contributed by atoms with van der Waals surface area (Å²) >= 11 is 0. The first-order valence-corrected chi connectivity index (χ1v) is 6.82. The van der Waals surface area contributed by atoms with Crippen LogP contribution in [0.15, 0.2) is 5.16 Å². The first-order valence-electron chi connectivity index (χ1n) is 5.09. The molecule has 0 saturated heterocycles. The summed E-state index contributed by atoms with van der Waals surface area (Å²) in [5.41, 5.74) is 4.68. The molecule has 1 amide bonds. The molecule has 1 saturated carbocycles. The second kappa shape index (κ2) is 5.29. The summed E-state index contributed by atoms with van der Waals surface area (Å²) in [5.74, 6) is 0.145. The number of hydrogen-bond donors (Lipinski definition) is 3. The van der Waals surface area contributed by atoms with E-state index >= 15 is 0 Å². The minimum absolute atomic E-state index is 0.0335. The molecule has 7 heteroatoms. The van der Waals surface area contributed by atoms with Crippen LogP contribution in [-0.4, -0.2) is 39.7 Å². The minimum Gasteiger partial charge on any atom is -0.409 e. The van der Waals surface area contributed by atoms with E-state index in [9.17, 15) is 9.00 Å². The molecule has 6 nitrogen and oxygen atoms in total. The summed E-state index contributed by atoms with van der Waals surface area (Å²) in [7, 11) is -0.931. The van der Waals surface area contributed by atoms with Gasteiger partial charge in [0.2, 0.25) is 5.91 Å². The molecule has 92 valence electrons. The second-order valence-corrected chi connectivity index (χ2v) is 5.51. The Labute approximate surface area is 96.7 Å². The number of nitrogens with two attached hydrogens (primary N) is 1. The number of rotatable bonds is 5. The largest absolute Gasteiger partial charge is 0.409 e. The number of amidine groups is 1. The van der Waals surface area contributed by atoms with Gasteiger partial charge in [-0.15, -0.1) is 0 Å². The van der Waals surface area contributed by atoms with Crippen molar-refractivity contribution in [3.05, 3.63) is 0 Å². The molecule has 0 heterocycles. The van der Waals surface area contributed by atoms with Crippen molar-refractivity contribution in [2.24, 2.45) is 16.3 Å². The van der Waals surface area contributed by atoms with Gasteiger partial charge < -0.3 is 16.3 Å². The monoisotopic (exact) mass is 247 g/mol. The van der Waals surface area contributed by atoms with E-state index in [4.69, 9.17) is 10.9 Å². The van der Waals surface area contributed by atoms with Gasteiger partial charge in [0, 0.05) is 29.4 Å². The van der Waals surface area contributed by atoms with Crippen molar-refractivity contribution in [3.8, 4) is 0 Å². The van der Waals surface area contributed by atoms with E-state index < -0.39 is 16.2 Å². The van der Waals surface area contributed by atoms with Gasteiger partial charge >= 0.3 is 0 Å². The van der Waals surface area contributed by atoms with E-state index in [1.54, 1.807) is 6.26 Å². The molecular formula is C9H17N3O3S. The molecule has 1 unspecified atom stereocenters. The van der Waals surface area contributed by atoms with Crippen molar-refractivity contribution in [1.82, 2.24) is 5.32 Å². The lowest BCUT2D eigenvalue weighted by Crippen LogP contribution is -2.54. The summed E-state index contributed by atoms with van der Waals surface area (Å²) in [6.45, 7) is 0.350. The molecule has 0 bridgehead atoms. The smallest absolute Gasteiger partial charge is 0.233 e. The Morgan fingerprint density at radius 1 is 1.62 bits per heavy atom. The maximum Gasteiger partial charge on any atom is 0.233 e. The van der Waals surface area contributed by atoms with E-state index in [0.717, 1.165) is 6.42 Å². The number of nitrogens with zero attached hydrogens (tertiary/aromatic N) is 1. The molecule has 0 aromatic carbocycles. The Kier molecular flexibility index (Phi) is 4.28. The highest BCUT2D eigenvalue weighted by Gasteiger charge is 2.48. The number of carbonyl (C=O) groups is 1. The Balaban J connectivity index is 2.54. The van der Waals surface area contributed by atoms with Crippen molar-refractivity contribution < 1.29 is 14.2 Å². The fraction of sp³-hybridized carbons (Fsp3) is 0.778. The zero-order valence-corrected chi connectivity index (χ0v) is 10.0. The van der Waals surface area contributed by atoms with Crippen LogP contribution in [-0.2, 0) is 15.6 Å². The maximum atomic E-state index is 11.8. The Bertz CT molecular complexity index is 326. The molecule has 0 aromatic rings. The van der Waals surface area contributed by atoms with Crippen LogP contribution in [0.1, 0.15) is 19.3 Å². The van der Waals surface area contributed by atoms with Gasteiger partial charge in [-0.3, -0.25) is 9.00 Å². The Morgan fingerprint density at radius 3 is 2.62 bits per heavy atom. The fourth-order valence-electron chi connectivity index (χ4n) is 1.70. The highest BCUT2D eigenvalue weighted by Crippen LogP contribution is 2.41. The van der Waals surface area contributed by atoms with E-state index in [0.29, 0.717) is 25.1 Å². The lowest BCUT2D eigenvalue weighted by molar-refractivity contribution is -0.130. The molecule has 1 fully saturated rings. The highest BCUT2D eigenvalue weighted by molar-refractivity contribution is 7.84. The van der Waals surface area contributed by atoms with Crippen LogP contribution in [0.4, 0.5) is 0 Å². The number of oxime groups is 1. The number of amides is 1. The third-order valence-electron chi connectivity index (χ3n) is 2.91. The molecule has 1 rings (SSSR count). The van der Waals surface area contributed by atoms with Crippen molar-refractivity contribution in [3.63, 3.8) is 0 Å². The predicted molar refractivity (Wildman–Crippen MR) is 61.6 cm³/mol. The van der Waals surface area contributed by atoms with Gasteiger partial charge in [0.15, 0.2) is 5.84 Å². The zero-order valence-electron chi connectivity index (χ0n) is 9.23. The molecule has 4 N–H and O–H groups in total. The van der Waals surface area contributed by atoms with E-state index in [2.05, 4.69) is 10.5 Å². The van der Waals surface area contributed by atoms with Crippen LogP contribution < -0.4 is 11.1 Å². The molecule has 1 aliphatic rings. The maximum absolute atomic E-state index is 11.8. The van der Waals surface area contributed by atoms with Crippen LogP contribution in [0.5, 0.6) is 0 Å². The van der Waals surface area contributed by atoms with Gasteiger partial charge in [-0.2, -0.15) is 0 Å². The SMILES string of the molecule is CS(=O)CCNC(=O)C1(C(N)=NO)CCC1. The topological polar surface area (TPSA) is 105 Å². The first-order chi connectivity index (χ1) is 7.53. The van der Waals surface area contributed by atoms with Crippen molar-refractivity contribution in [1.29, 1.82) is 0 Å². The normalized spacial score (nSPS) is 20.9. The third-order valence-corrected chi connectivity index (χ3v) is 3.69. The van der Waals surface area contributed by atoms with Crippen LogP contribution >= 0.6 is 0 Å².